The summed E-state index contributed by atoms with van der Waals surface area (Å²) in [5.41, 5.74) is 7.04. The molecule has 1 aliphatic heterocycles. The second-order valence-electron chi connectivity index (χ2n) is 4.97. The van der Waals surface area contributed by atoms with Crippen LogP contribution >= 0.6 is 0 Å². The predicted molar refractivity (Wildman–Crippen MR) is 80.2 cm³/mol. The molecule has 21 heavy (non-hydrogen) atoms. The summed E-state index contributed by atoms with van der Waals surface area (Å²) in [5.74, 6) is 0.765. The molecular formula is C15H23N3O3. The Labute approximate surface area is 125 Å². The minimum absolute atomic E-state index is 0.0119. The molecule has 0 spiro atoms. The van der Waals surface area contributed by atoms with Crippen LogP contribution < -0.4 is 15.8 Å². The van der Waals surface area contributed by atoms with E-state index in [0.717, 1.165) is 11.3 Å². The fourth-order valence-corrected chi connectivity index (χ4v) is 2.67. The molecule has 1 saturated heterocycles. The van der Waals surface area contributed by atoms with E-state index in [-0.39, 0.29) is 18.0 Å². The van der Waals surface area contributed by atoms with Crippen molar-refractivity contribution in [3.63, 3.8) is 0 Å². The van der Waals surface area contributed by atoms with E-state index in [2.05, 4.69) is 10.2 Å². The third kappa shape index (κ3) is 3.53. The van der Waals surface area contributed by atoms with Gasteiger partial charge < -0.3 is 20.5 Å². The largest absolute Gasteiger partial charge is 0.497 e. The maximum atomic E-state index is 12.0. The van der Waals surface area contributed by atoms with Crippen molar-refractivity contribution in [1.29, 1.82) is 0 Å². The number of ether oxygens (including phenoxy) is 2. The second-order valence-corrected chi connectivity index (χ2v) is 4.97. The van der Waals surface area contributed by atoms with E-state index in [0.29, 0.717) is 26.3 Å². The predicted octanol–water partition coefficient (Wildman–Crippen LogP) is 0.142. The summed E-state index contributed by atoms with van der Waals surface area (Å²) < 4.78 is 10.6. The molecule has 2 atom stereocenters. The van der Waals surface area contributed by atoms with E-state index in [4.69, 9.17) is 15.2 Å². The van der Waals surface area contributed by atoms with Crippen molar-refractivity contribution in [3.05, 3.63) is 29.8 Å². The van der Waals surface area contributed by atoms with Crippen LogP contribution in [-0.4, -0.2) is 57.3 Å². The third-order valence-electron chi connectivity index (χ3n) is 3.84. The molecule has 3 N–H and O–H groups in total. The molecule has 0 aliphatic carbocycles. The molecule has 0 saturated carbocycles. The second kappa shape index (κ2) is 7.40. The number of nitrogens with two attached hydrogens (primary N) is 1. The molecule has 0 bridgehead atoms. The van der Waals surface area contributed by atoms with E-state index in [1.54, 1.807) is 14.2 Å². The van der Waals surface area contributed by atoms with Gasteiger partial charge in [0.25, 0.3) is 0 Å². The summed E-state index contributed by atoms with van der Waals surface area (Å²) in [6.45, 7) is 2.14. The van der Waals surface area contributed by atoms with Gasteiger partial charge in [0.2, 0.25) is 5.91 Å². The van der Waals surface area contributed by atoms with Crippen molar-refractivity contribution < 1.29 is 14.3 Å². The van der Waals surface area contributed by atoms with Gasteiger partial charge >= 0.3 is 0 Å². The van der Waals surface area contributed by atoms with Gasteiger partial charge in [0.05, 0.1) is 20.3 Å². The number of hydrogen-bond donors (Lipinski definition) is 2. The van der Waals surface area contributed by atoms with Crippen LogP contribution in [0.2, 0.25) is 0 Å². The molecule has 2 rings (SSSR count). The Hall–Kier alpha value is -1.63. The van der Waals surface area contributed by atoms with Gasteiger partial charge in [0.15, 0.2) is 0 Å². The van der Waals surface area contributed by atoms with Gasteiger partial charge in [0.1, 0.15) is 11.8 Å². The molecule has 1 heterocycles. The molecule has 1 aromatic carbocycles. The summed E-state index contributed by atoms with van der Waals surface area (Å²) in [5, 5.41) is 2.69. The molecule has 6 nitrogen and oxygen atoms in total. The van der Waals surface area contributed by atoms with Crippen LogP contribution in [0, 0.1) is 0 Å². The number of hydrogen-bond acceptors (Lipinski definition) is 5. The van der Waals surface area contributed by atoms with Crippen LogP contribution in [0.4, 0.5) is 0 Å². The summed E-state index contributed by atoms with van der Waals surface area (Å²) >= 11 is 0. The Morgan fingerprint density at radius 1 is 1.52 bits per heavy atom. The first-order valence-corrected chi connectivity index (χ1v) is 7.10. The Morgan fingerprint density at radius 3 is 2.81 bits per heavy atom. The van der Waals surface area contributed by atoms with E-state index >= 15 is 0 Å². The number of amides is 1. The van der Waals surface area contributed by atoms with Gasteiger partial charge in [-0.3, -0.25) is 9.69 Å². The van der Waals surface area contributed by atoms with Gasteiger partial charge in [-0.2, -0.15) is 0 Å². The van der Waals surface area contributed by atoms with Crippen LogP contribution in [0.25, 0.3) is 0 Å². The number of rotatable bonds is 5. The molecule has 116 valence electrons. The molecule has 2 unspecified atom stereocenters. The Kier molecular flexibility index (Phi) is 5.55. The van der Waals surface area contributed by atoms with Crippen molar-refractivity contribution >= 4 is 5.91 Å². The summed E-state index contributed by atoms with van der Waals surface area (Å²) in [7, 11) is 3.28. The van der Waals surface area contributed by atoms with Crippen LogP contribution in [0.15, 0.2) is 24.3 Å². The average Bonchev–Trinajstić information content (AvgIpc) is 2.56. The molecule has 0 radical (unpaired) electrons. The van der Waals surface area contributed by atoms with Crippen LogP contribution in [0.3, 0.4) is 0 Å². The van der Waals surface area contributed by atoms with Gasteiger partial charge in [-0.05, 0) is 17.7 Å². The molecule has 1 fully saturated rings. The number of carbonyl (C=O) groups excluding carboxylic acids is 1. The van der Waals surface area contributed by atoms with Crippen molar-refractivity contribution in [3.8, 4) is 5.75 Å². The molecule has 1 aliphatic rings. The standard InChI is InChI=1S/C15H23N3O3/c1-17-15(19)14-10-21-8-7-18(14)13(9-16)11-3-5-12(20-2)6-4-11/h3-6,13-14H,7-10,16H2,1-2H3,(H,17,19). The lowest BCUT2D eigenvalue weighted by molar-refractivity contribution is -0.134. The van der Waals surface area contributed by atoms with Gasteiger partial charge in [-0.25, -0.2) is 0 Å². The number of methoxy groups -OCH3 is 1. The van der Waals surface area contributed by atoms with Crippen LogP contribution in [-0.2, 0) is 9.53 Å². The first-order chi connectivity index (χ1) is 10.2. The Morgan fingerprint density at radius 2 is 2.24 bits per heavy atom. The maximum Gasteiger partial charge on any atom is 0.239 e. The third-order valence-corrected chi connectivity index (χ3v) is 3.84. The van der Waals surface area contributed by atoms with E-state index in [1.807, 2.05) is 24.3 Å². The van der Waals surface area contributed by atoms with Crippen LogP contribution in [0.5, 0.6) is 5.75 Å². The molecule has 1 amide bonds. The summed E-state index contributed by atoms with van der Waals surface area (Å²) in [6, 6.07) is 7.49. The van der Waals surface area contributed by atoms with Crippen molar-refractivity contribution in [1.82, 2.24) is 10.2 Å². The monoisotopic (exact) mass is 293 g/mol. The van der Waals surface area contributed by atoms with Crippen molar-refractivity contribution in [2.45, 2.75) is 12.1 Å². The lowest BCUT2D eigenvalue weighted by Gasteiger charge is -2.39. The molecule has 0 aromatic heterocycles. The summed E-state index contributed by atoms with van der Waals surface area (Å²) in [6.07, 6.45) is 0. The Balaban J connectivity index is 2.22. The zero-order chi connectivity index (χ0) is 15.2. The highest BCUT2D eigenvalue weighted by molar-refractivity contribution is 5.81. The number of likely N-dealkylation sites (N-methyl/N-ethyl adjacent to an activating group) is 1. The lowest BCUT2D eigenvalue weighted by Crippen LogP contribution is -2.55. The average molecular weight is 293 g/mol. The zero-order valence-electron chi connectivity index (χ0n) is 12.5. The highest BCUT2D eigenvalue weighted by Crippen LogP contribution is 2.25. The van der Waals surface area contributed by atoms with E-state index < -0.39 is 0 Å². The van der Waals surface area contributed by atoms with Gasteiger partial charge in [0, 0.05) is 26.2 Å². The van der Waals surface area contributed by atoms with Gasteiger partial charge in [-0.1, -0.05) is 12.1 Å². The molecule has 6 heteroatoms. The maximum absolute atomic E-state index is 12.0. The fourth-order valence-electron chi connectivity index (χ4n) is 2.67. The van der Waals surface area contributed by atoms with Gasteiger partial charge in [-0.15, -0.1) is 0 Å². The minimum atomic E-state index is -0.306. The summed E-state index contributed by atoms with van der Waals surface area (Å²) in [4.78, 5) is 14.2. The fraction of sp³-hybridized carbons (Fsp3) is 0.533. The SMILES string of the molecule is CNC(=O)C1COCCN1C(CN)c1ccc(OC)cc1. The van der Waals surface area contributed by atoms with E-state index in [1.165, 1.54) is 0 Å². The first-order valence-electron chi connectivity index (χ1n) is 7.10. The Bertz CT molecular complexity index is 464. The topological polar surface area (TPSA) is 76.8 Å². The van der Waals surface area contributed by atoms with Crippen molar-refractivity contribution in [2.24, 2.45) is 5.73 Å². The molecular weight excluding hydrogens is 270 g/mol. The number of carbonyl (C=O) groups is 1. The lowest BCUT2D eigenvalue weighted by atomic mass is 10.0. The smallest absolute Gasteiger partial charge is 0.239 e. The highest BCUT2D eigenvalue weighted by atomic mass is 16.5. The normalized spacial score (nSPS) is 20.8. The quantitative estimate of drug-likeness (QED) is 0.807. The highest BCUT2D eigenvalue weighted by Gasteiger charge is 2.33. The number of nitrogens with one attached hydrogen (secondary N) is 1. The number of morpholine rings is 1. The zero-order valence-corrected chi connectivity index (χ0v) is 12.5. The minimum Gasteiger partial charge on any atom is -0.497 e. The number of nitrogens with zero attached hydrogens (tertiary/aromatic N) is 1. The van der Waals surface area contributed by atoms with Crippen molar-refractivity contribution in [2.75, 3.05) is 40.5 Å². The first kappa shape index (κ1) is 15.8. The number of benzene rings is 1. The van der Waals surface area contributed by atoms with E-state index in [9.17, 15) is 4.79 Å². The molecule has 1 aromatic rings. The van der Waals surface area contributed by atoms with Crippen LogP contribution in [0.1, 0.15) is 11.6 Å².